The van der Waals surface area contributed by atoms with Gasteiger partial charge in [-0.1, -0.05) is 48.5 Å². The maximum atomic E-state index is 13.1. The summed E-state index contributed by atoms with van der Waals surface area (Å²) in [7, 11) is 1.79. The number of aromatic nitrogens is 1. The van der Waals surface area contributed by atoms with Crippen molar-refractivity contribution in [3.63, 3.8) is 0 Å². The second-order valence-electron chi connectivity index (χ2n) is 9.20. The van der Waals surface area contributed by atoms with E-state index in [9.17, 15) is 4.79 Å². The average molecular weight is 509 g/mol. The number of nitrogens with zero attached hydrogens (tertiary/aromatic N) is 4. The van der Waals surface area contributed by atoms with Crippen molar-refractivity contribution in [1.29, 1.82) is 0 Å². The Labute approximate surface area is 220 Å². The third-order valence-electron chi connectivity index (χ3n) is 6.76. The minimum Gasteiger partial charge on any atom is -0.378 e. The number of thioether (sulfide) groups is 1. The van der Waals surface area contributed by atoms with Crippen LogP contribution in [0.3, 0.4) is 0 Å². The van der Waals surface area contributed by atoms with E-state index in [4.69, 9.17) is 9.73 Å². The number of amides is 1. The van der Waals surface area contributed by atoms with Crippen LogP contribution < -0.4 is 4.90 Å². The average Bonchev–Trinajstić information content (AvgIpc) is 3.42. The summed E-state index contributed by atoms with van der Waals surface area (Å²) in [5.41, 5.74) is 5.42. The zero-order chi connectivity index (χ0) is 25.2. The van der Waals surface area contributed by atoms with E-state index in [-0.39, 0.29) is 5.91 Å². The molecule has 0 atom stereocenters. The SMILES string of the molecule is CN1C(=O)C(=Cc2cn(Cc3ccccc3)c3ccccc23)SC1=Nc1ccc(N2CCOCC2)cc1. The number of carbonyl (C=O) groups excluding carboxylic acids is 1. The summed E-state index contributed by atoms with van der Waals surface area (Å²) in [6, 6.07) is 27.0. The molecular formula is C30H28N4O2S. The molecule has 6 nitrogen and oxygen atoms in total. The summed E-state index contributed by atoms with van der Waals surface area (Å²) in [6.45, 7) is 4.09. The van der Waals surface area contributed by atoms with E-state index in [1.165, 1.54) is 23.0 Å². The Morgan fingerprint density at radius 2 is 1.68 bits per heavy atom. The van der Waals surface area contributed by atoms with Gasteiger partial charge >= 0.3 is 0 Å². The lowest BCUT2D eigenvalue weighted by atomic mass is 10.1. The molecule has 6 rings (SSSR count). The normalized spacial score (nSPS) is 18.5. The summed E-state index contributed by atoms with van der Waals surface area (Å²) in [6.07, 6.45) is 4.13. The van der Waals surface area contributed by atoms with Crippen LogP contribution in [0.5, 0.6) is 0 Å². The third kappa shape index (κ3) is 4.92. The molecule has 2 saturated heterocycles. The van der Waals surface area contributed by atoms with Crippen molar-refractivity contribution < 1.29 is 9.53 Å². The molecule has 0 bridgehead atoms. The highest BCUT2D eigenvalue weighted by Crippen LogP contribution is 2.35. The highest BCUT2D eigenvalue weighted by atomic mass is 32.2. The fourth-order valence-electron chi connectivity index (χ4n) is 4.76. The van der Waals surface area contributed by atoms with Gasteiger partial charge in [0.2, 0.25) is 0 Å². The van der Waals surface area contributed by atoms with E-state index in [0.29, 0.717) is 10.1 Å². The Hall–Kier alpha value is -3.81. The Balaban J connectivity index is 1.26. The molecule has 0 aliphatic carbocycles. The Morgan fingerprint density at radius 1 is 0.946 bits per heavy atom. The second kappa shape index (κ2) is 10.3. The molecule has 2 fully saturated rings. The van der Waals surface area contributed by atoms with Crippen molar-refractivity contribution in [2.75, 3.05) is 38.3 Å². The van der Waals surface area contributed by atoms with E-state index in [1.807, 2.05) is 30.3 Å². The van der Waals surface area contributed by atoms with Gasteiger partial charge in [0.1, 0.15) is 0 Å². The number of aliphatic imine (C=N–C) groups is 1. The summed E-state index contributed by atoms with van der Waals surface area (Å²) in [5.74, 6) is -0.0337. The lowest BCUT2D eigenvalue weighted by Crippen LogP contribution is -2.36. The number of anilines is 1. The maximum Gasteiger partial charge on any atom is 0.266 e. The third-order valence-corrected chi connectivity index (χ3v) is 7.82. The van der Waals surface area contributed by atoms with Gasteiger partial charge in [-0.05, 0) is 53.7 Å². The van der Waals surface area contributed by atoms with Crippen LogP contribution in [0.2, 0.25) is 0 Å². The second-order valence-corrected chi connectivity index (χ2v) is 10.2. The van der Waals surface area contributed by atoms with E-state index >= 15 is 0 Å². The van der Waals surface area contributed by atoms with Gasteiger partial charge in [0, 0.05) is 55.0 Å². The molecule has 0 spiro atoms. The van der Waals surface area contributed by atoms with Crippen molar-refractivity contribution >= 4 is 51.2 Å². The topological polar surface area (TPSA) is 50.1 Å². The molecular weight excluding hydrogens is 480 g/mol. The molecule has 0 radical (unpaired) electrons. The van der Waals surface area contributed by atoms with Gasteiger partial charge in [-0.25, -0.2) is 4.99 Å². The van der Waals surface area contributed by atoms with Crippen molar-refractivity contribution in [3.05, 3.63) is 101 Å². The quantitative estimate of drug-likeness (QED) is 0.322. The fourth-order valence-corrected chi connectivity index (χ4v) is 5.74. The van der Waals surface area contributed by atoms with Crippen LogP contribution >= 0.6 is 11.8 Å². The van der Waals surface area contributed by atoms with Crippen LogP contribution in [0.1, 0.15) is 11.1 Å². The number of carbonyl (C=O) groups is 1. The minimum atomic E-state index is -0.0337. The van der Waals surface area contributed by atoms with Crippen LogP contribution in [0.25, 0.3) is 17.0 Å². The van der Waals surface area contributed by atoms with Crippen LogP contribution in [0.4, 0.5) is 11.4 Å². The monoisotopic (exact) mass is 508 g/mol. The number of likely N-dealkylation sites (N-methyl/N-ethyl adjacent to an activating group) is 1. The smallest absolute Gasteiger partial charge is 0.266 e. The van der Waals surface area contributed by atoms with Gasteiger partial charge in [0.05, 0.1) is 23.8 Å². The molecule has 0 saturated carbocycles. The molecule has 186 valence electrons. The zero-order valence-corrected chi connectivity index (χ0v) is 21.5. The first-order valence-corrected chi connectivity index (χ1v) is 13.3. The molecule has 1 aromatic heterocycles. The summed E-state index contributed by atoms with van der Waals surface area (Å²) in [5, 5.41) is 1.81. The molecule has 1 amide bonds. The van der Waals surface area contributed by atoms with Crippen LogP contribution in [-0.2, 0) is 16.1 Å². The standard InChI is InChI=1S/C30H28N4O2S/c1-32-29(35)28(37-30(32)31-24-11-13-25(14-12-24)33-15-17-36-18-16-33)19-23-21-34(20-22-7-3-2-4-8-22)27-10-6-5-9-26(23)27/h2-14,19,21H,15-18,20H2,1H3. The lowest BCUT2D eigenvalue weighted by molar-refractivity contribution is -0.121. The Kier molecular flexibility index (Phi) is 6.55. The van der Waals surface area contributed by atoms with Crippen molar-refractivity contribution in [2.45, 2.75) is 6.54 Å². The van der Waals surface area contributed by atoms with Gasteiger partial charge < -0.3 is 14.2 Å². The van der Waals surface area contributed by atoms with Crippen LogP contribution in [0.15, 0.2) is 95.0 Å². The minimum absolute atomic E-state index is 0.0337. The molecule has 7 heteroatoms. The Morgan fingerprint density at radius 3 is 2.46 bits per heavy atom. The zero-order valence-electron chi connectivity index (χ0n) is 20.7. The highest BCUT2D eigenvalue weighted by Gasteiger charge is 2.30. The number of para-hydroxylation sites is 1. The molecule has 0 N–H and O–H groups in total. The van der Waals surface area contributed by atoms with E-state index < -0.39 is 0 Å². The summed E-state index contributed by atoms with van der Waals surface area (Å²) >= 11 is 1.42. The molecule has 2 aliphatic heterocycles. The van der Waals surface area contributed by atoms with Crippen molar-refractivity contribution in [3.8, 4) is 0 Å². The van der Waals surface area contributed by atoms with E-state index in [1.54, 1.807) is 11.9 Å². The van der Waals surface area contributed by atoms with E-state index in [2.05, 4.69) is 70.3 Å². The molecule has 37 heavy (non-hydrogen) atoms. The molecule has 3 aromatic carbocycles. The fraction of sp³-hybridized carbons (Fsp3) is 0.200. The number of ether oxygens (including phenoxy) is 1. The first-order valence-electron chi connectivity index (χ1n) is 12.5. The number of benzene rings is 3. The first-order chi connectivity index (χ1) is 18.2. The predicted molar refractivity (Wildman–Crippen MR) is 152 cm³/mol. The lowest BCUT2D eigenvalue weighted by Gasteiger charge is -2.28. The molecule has 4 aromatic rings. The van der Waals surface area contributed by atoms with Crippen LogP contribution in [-0.4, -0.2) is 53.9 Å². The number of rotatable bonds is 5. The van der Waals surface area contributed by atoms with Gasteiger partial charge in [-0.3, -0.25) is 9.69 Å². The Bertz CT molecular complexity index is 1490. The number of hydrogen-bond donors (Lipinski definition) is 0. The molecule has 2 aliphatic rings. The highest BCUT2D eigenvalue weighted by molar-refractivity contribution is 8.18. The van der Waals surface area contributed by atoms with Gasteiger partial charge in [-0.2, -0.15) is 0 Å². The predicted octanol–water partition coefficient (Wildman–Crippen LogP) is 5.76. The van der Waals surface area contributed by atoms with Gasteiger partial charge in [0.25, 0.3) is 5.91 Å². The number of fused-ring (bicyclic) bond motifs is 1. The number of hydrogen-bond acceptors (Lipinski definition) is 5. The summed E-state index contributed by atoms with van der Waals surface area (Å²) in [4.78, 5) is 22.5. The largest absolute Gasteiger partial charge is 0.378 e. The van der Waals surface area contributed by atoms with Crippen molar-refractivity contribution in [2.24, 2.45) is 4.99 Å². The molecule has 3 heterocycles. The van der Waals surface area contributed by atoms with E-state index in [0.717, 1.165) is 55.0 Å². The van der Waals surface area contributed by atoms with Gasteiger partial charge in [0.15, 0.2) is 5.17 Å². The summed E-state index contributed by atoms with van der Waals surface area (Å²) < 4.78 is 7.70. The van der Waals surface area contributed by atoms with Crippen LogP contribution in [0, 0.1) is 0 Å². The number of amidine groups is 1. The number of morpholine rings is 1. The maximum absolute atomic E-state index is 13.1. The van der Waals surface area contributed by atoms with Gasteiger partial charge in [-0.15, -0.1) is 0 Å². The molecule has 0 unspecified atom stereocenters. The van der Waals surface area contributed by atoms with Crippen molar-refractivity contribution in [1.82, 2.24) is 9.47 Å². The first kappa shape index (κ1) is 23.6.